The highest BCUT2D eigenvalue weighted by atomic mass is 19.1. The van der Waals surface area contributed by atoms with Crippen LogP contribution in [0.5, 0.6) is 5.75 Å². The SMILES string of the molecule is CCN(Cc1cc(F)cc(C(C)=O)c1O)C1CCCCC1. The summed E-state index contributed by atoms with van der Waals surface area (Å²) in [6, 6.07) is 2.94. The van der Waals surface area contributed by atoms with Crippen LogP contribution in [0.1, 0.15) is 61.9 Å². The number of benzene rings is 1. The van der Waals surface area contributed by atoms with Crippen LogP contribution in [-0.4, -0.2) is 28.4 Å². The Morgan fingerprint density at radius 1 is 1.33 bits per heavy atom. The largest absolute Gasteiger partial charge is 0.507 e. The van der Waals surface area contributed by atoms with Crippen LogP contribution in [0.4, 0.5) is 4.39 Å². The molecule has 1 N–H and O–H groups in total. The summed E-state index contributed by atoms with van der Waals surface area (Å²) in [6.07, 6.45) is 6.06. The van der Waals surface area contributed by atoms with Gasteiger partial charge in [-0.15, -0.1) is 0 Å². The molecule has 0 aromatic heterocycles. The lowest BCUT2D eigenvalue weighted by Gasteiger charge is -2.33. The topological polar surface area (TPSA) is 40.5 Å². The second-order valence-electron chi connectivity index (χ2n) is 5.87. The van der Waals surface area contributed by atoms with Crippen molar-refractivity contribution in [2.75, 3.05) is 6.54 Å². The first-order valence-corrected chi connectivity index (χ1v) is 7.79. The number of rotatable bonds is 5. The van der Waals surface area contributed by atoms with Gasteiger partial charge in [-0.25, -0.2) is 4.39 Å². The Hall–Kier alpha value is -1.42. The van der Waals surface area contributed by atoms with Gasteiger partial charge in [0.05, 0.1) is 5.56 Å². The normalized spacial score (nSPS) is 16.4. The van der Waals surface area contributed by atoms with Crippen LogP contribution in [0.3, 0.4) is 0 Å². The molecule has 1 aromatic rings. The highest BCUT2D eigenvalue weighted by molar-refractivity contribution is 5.97. The predicted molar refractivity (Wildman–Crippen MR) is 81.0 cm³/mol. The van der Waals surface area contributed by atoms with Gasteiger partial charge >= 0.3 is 0 Å². The van der Waals surface area contributed by atoms with Gasteiger partial charge in [0.2, 0.25) is 0 Å². The van der Waals surface area contributed by atoms with Crippen molar-refractivity contribution < 1.29 is 14.3 Å². The van der Waals surface area contributed by atoms with Gasteiger partial charge in [0.25, 0.3) is 0 Å². The lowest BCUT2D eigenvalue weighted by atomic mass is 9.93. The molecule has 2 rings (SSSR count). The maximum absolute atomic E-state index is 13.7. The quantitative estimate of drug-likeness (QED) is 0.837. The van der Waals surface area contributed by atoms with Crippen molar-refractivity contribution in [1.82, 2.24) is 4.90 Å². The third kappa shape index (κ3) is 3.82. The van der Waals surface area contributed by atoms with Crippen molar-refractivity contribution in [3.8, 4) is 5.75 Å². The van der Waals surface area contributed by atoms with E-state index in [0.717, 1.165) is 25.5 Å². The van der Waals surface area contributed by atoms with Crippen LogP contribution in [-0.2, 0) is 6.54 Å². The standard InChI is InChI=1S/C17H24FNO2/c1-3-19(15-7-5-4-6-8-15)11-13-9-14(18)10-16(12(2)20)17(13)21/h9-10,15,21H,3-8,11H2,1-2H3. The van der Waals surface area contributed by atoms with Crippen molar-refractivity contribution in [3.05, 3.63) is 29.1 Å². The van der Waals surface area contributed by atoms with Crippen LogP contribution >= 0.6 is 0 Å². The average molecular weight is 293 g/mol. The van der Waals surface area contributed by atoms with Gasteiger partial charge in [0.1, 0.15) is 11.6 Å². The maximum atomic E-state index is 13.7. The lowest BCUT2D eigenvalue weighted by Crippen LogP contribution is -2.36. The third-order valence-electron chi connectivity index (χ3n) is 4.40. The molecule has 0 bridgehead atoms. The molecule has 0 spiro atoms. The van der Waals surface area contributed by atoms with E-state index >= 15 is 0 Å². The van der Waals surface area contributed by atoms with Gasteiger partial charge in [-0.1, -0.05) is 26.2 Å². The van der Waals surface area contributed by atoms with Crippen molar-refractivity contribution in [2.24, 2.45) is 0 Å². The van der Waals surface area contributed by atoms with Crippen molar-refractivity contribution in [3.63, 3.8) is 0 Å². The zero-order valence-electron chi connectivity index (χ0n) is 12.9. The molecule has 1 aliphatic rings. The molecule has 0 atom stereocenters. The van der Waals surface area contributed by atoms with E-state index in [1.807, 2.05) is 0 Å². The number of hydrogen-bond donors (Lipinski definition) is 1. The number of phenolic OH excluding ortho intramolecular Hbond substituents is 1. The van der Waals surface area contributed by atoms with Crippen LogP contribution in [0.15, 0.2) is 12.1 Å². The molecular formula is C17H24FNO2. The van der Waals surface area contributed by atoms with Gasteiger partial charge in [-0.3, -0.25) is 9.69 Å². The minimum absolute atomic E-state index is 0.0711. The number of aromatic hydroxyl groups is 1. The monoisotopic (exact) mass is 293 g/mol. The molecule has 1 aromatic carbocycles. The van der Waals surface area contributed by atoms with E-state index in [4.69, 9.17) is 0 Å². The second kappa shape index (κ2) is 7.03. The number of carbonyl (C=O) groups is 1. The lowest BCUT2D eigenvalue weighted by molar-refractivity contribution is 0.101. The van der Waals surface area contributed by atoms with Crippen LogP contribution in [0.25, 0.3) is 0 Å². The molecule has 116 valence electrons. The van der Waals surface area contributed by atoms with Crippen LogP contribution in [0, 0.1) is 5.82 Å². The zero-order valence-corrected chi connectivity index (χ0v) is 12.9. The fraction of sp³-hybridized carbons (Fsp3) is 0.588. The zero-order chi connectivity index (χ0) is 15.4. The molecule has 1 fully saturated rings. The molecule has 21 heavy (non-hydrogen) atoms. The van der Waals surface area contributed by atoms with E-state index in [0.29, 0.717) is 18.2 Å². The molecule has 0 unspecified atom stereocenters. The summed E-state index contributed by atoms with van der Waals surface area (Å²) in [5.74, 6) is -0.847. The van der Waals surface area contributed by atoms with Gasteiger partial charge in [-0.2, -0.15) is 0 Å². The fourth-order valence-electron chi connectivity index (χ4n) is 3.21. The average Bonchev–Trinajstić information content (AvgIpc) is 2.48. The molecular weight excluding hydrogens is 269 g/mol. The smallest absolute Gasteiger partial charge is 0.163 e. The third-order valence-corrected chi connectivity index (χ3v) is 4.40. The van der Waals surface area contributed by atoms with Gasteiger partial charge < -0.3 is 5.11 Å². The summed E-state index contributed by atoms with van der Waals surface area (Å²) in [5.41, 5.74) is 0.581. The Bertz CT molecular complexity index is 510. The summed E-state index contributed by atoms with van der Waals surface area (Å²) < 4.78 is 13.7. The Morgan fingerprint density at radius 2 is 2.00 bits per heavy atom. The molecule has 0 aliphatic heterocycles. The summed E-state index contributed by atoms with van der Waals surface area (Å²) in [6.45, 7) is 4.77. The highest BCUT2D eigenvalue weighted by Gasteiger charge is 2.22. The first-order chi connectivity index (χ1) is 10.0. The number of carbonyl (C=O) groups excluding carboxylic acids is 1. The van der Waals surface area contributed by atoms with Gasteiger partial charge in [-0.05, 0) is 38.4 Å². The van der Waals surface area contributed by atoms with Crippen molar-refractivity contribution >= 4 is 5.78 Å². The fourth-order valence-corrected chi connectivity index (χ4v) is 3.21. The van der Waals surface area contributed by atoms with Crippen molar-refractivity contribution in [2.45, 2.75) is 58.5 Å². The number of nitrogens with zero attached hydrogens (tertiary/aromatic N) is 1. The van der Waals surface area contributed by atoms with Crippen molar-refractivity contribution in [1.29, 1.82) is 0 Å². The highest BCUT2D eigenvalue weighted by Crippen LogP contribution is 2.29. The minimum atomic E-state index is -0.465. The number of halogens is 1. The number of ketones is 1. The Balaban J connectivity index is 2.22. The molecule has 1 aliphatic carbocycles. The van der Waals surface area contributed by atoms with E-state index in [1.54, 1.807) is 0 Å². The maximum Gasteiger partial charge on any atom is 0.163 e. The molecule has 1 saturated carbocycles. The van der Waals surface area contributed by atoms with E-state index in [1.165, 1.54) is 32.3 Å². The molecule has 0 saturated heterocycles. The Kier molecular flexibility index (Phi) is 5.34. The second-order valence-corrected chi connectivity index (χ2v) is 5.87. The first kappa shape index (κ1) is 16.0. The summed E-state index contributed by atoms with van der Waals surface area (Å²) in [4.78, 5) is 13.8. The van der Waals surface area contributed by atoms with E-state index in [9.17, 15) is 14.3 Å². The predicted octanol–water partition coefficient (Wildman–Crippen LogP) is 3.89. The summed E-state index contributed by atoms with van der Waals surface area (Å²) in [5, 5.41) is 10.2. The molecule has 0 amide bonds. The van der Waals surface area contributed by atoms with Crippen LogP contribution < -0.4 is 0 Å². The summed E-state index contributed by atoms with van der Waals surface area (Å²) >= 11 is 0. The molecule has 3 nitrogen and oxygen atoms in total. The van der Waals surface area contributed by atoms with Gasteiger partial charge in [0, 0.05) is 18.2 Å². The Morgan fingerprint density at radius 3 is 2.57 bits per heavy atom. The van der Waals surface area contributed by atoms with Gasteiger partial charge in [0.15, 0.2) is 5.78 Å². The number of hydrogen-bond acceptors (Lipinski definition) is 3. The molecule has 0 radical (unpaired) electrons. The van der Waals surface area contributed by atoms with E-state index < -0.39 is 5.82 Å². The van der Waals surface area contributed by atoms with Crippen LogP contribution in [0.2, 0.25) is 0 Å². The van der Waals surface area contributed by atoms with E-state index in [-0.39, 0.29) is 17.1 Å². The van der Waals surface area contributed by atoms with E-state index in [2.05, 4.69) is 11.8 Å². The number of Topliss-reactive ketones (excluding diaryl/α,β-unsaturated/α-hetero) is 1. The molecule has 0 heterocycles. The molecule has 4 heteroatoms. The first-order valence-electron chi connectivity index (χ1n) is 7.79. The Labute approximate surface area is 125 Å². The number of phenols is 1. The summed E-state index contributed by atoms with van der Waals surface area (Å²) in [7, 11) is 0. The minimum Gasteiger partial charge on any atom is -0.507 e.